The van der Waals surface area contributed by atoms with Crippen molar-refractivity contribution in [1.29, 1.82) is 0 Å². The van der Waals surface area contributed by atoms with E-state index >= 15 is 0 Å². The molecule has 0 aromatic carbocycles. The quantitative estimate of drug-likeness (QED) is 0.550. The van der Waals surface area contributed by atoms with Crippen LogP contribution in [0.15, 0.2) is 48.9 Å². The number of allylic oxidation sites excluding steroid dienone is 2. The Balaban J connectivity index is 0.000000921. The maximum absolute atomic E-state index is 5.40. The number of rotatable bonds is 3. The Morgan fingerprint density at radius 3 is 2.40 bits per heavy atom. The molecule has 1 rings (SSSR count). The summed E-state index contributed by atoms with van der Waals surface area (Å²) in [6.45, 7) is 7.57. The third kappa shape index (κ3) is 5.73. The summed E-state index contributed by atoms with van der Waals surface area (Å²) in [4.78, 5) is 5.87. The summed E-state index contributed by atoms with van der Waals surface area (Å²) < 4.78 is 0. The first kappa shape index (κ1) is 13.5. The molecule has 78 valence electrons. The second kappa shape index (κ2) is 7.86. The van der Waals surface area contributed by atoms with Gasteiger partial charge >= 0.3 is 0 Å². The molecule has 2 radical (unpaired) electrons. The monoisotopic (exact) mass is 200 g/mol. The van der Waals surface area contributed by atoms with Crippen LogP contribution in [0.4, 0.5) is 5.69 Å². The summed E-state index contributed by atoms with van der Waals surface area (Å²) in [7, 11) is 7.34. The van der Waals surface area contributed by atoms with Crippen LogP contribution < -0.4 is 4.90 Å². The smallest absolute Gasteiger partial charge is 0.113 e. The van der Waals surface area contributed by atoms with E-state index < -0.39 is 0 Å². The van der Waals surface area contributed by atoms with Crippen molar-refractivity contribution in [2.75, 3.05) is 11.9 Å². The van der Waals surface area contributed by atoms with Gasteiger partial charge in [-0.2, -0.15) is 0 Å². The standard InChI is InChI=1S/C10H11BN2.C2H6/c1-9(11)5-8-13(2)10-3-6-12-7-4-10;1-2/h3-8H,1H2,2H3;1-2H3/b8-5-;. The highest BCUT2D eigenvalue weighted by atomic mass is 15.1. The minimum atomic E-state index is 0.543. The molecule has 0 unspecified atom stereocenters. The number of hydrogen-bond acceptors (Lipinski definition) is 2. The molecule has 0 aliphatic heterocycles. The molecule has 0 saturated carbocycles. The van der Waals surface area contributed by atoms with E-state index in [9.17, 15) is 0 Å². The Hall–Kier alpha value is -1.51. The Kier molecular flexibility index (Phi) is 7.07. The summed E-state index contributed by atoms with van der Waals surface area (Å²) in [6.07, 6.45) is 7.10. The second-order valence-corrected chi connectivity index (χ2v) is 2.71. The predicted molar refractivity (Wildman–Crippen MR) is 68.0 cm³/mol. The van der Waals surface area contributed by atoms with Crippen molar-refractivity contribution in [3.63, 3.8) is 0 Å². The third-order valence-electron chi connectivity index (χ3n) is 1.58. The summed E-state index contributed by atoms with van der Waals surface area (Å²) in [5.74, 6) is 0. The SMILES string of the molecule is CC.[B]C(=C)/C=C\N(C)c1ccncc1. The van der Waals surface area contributed by atoms with Crippen LogP contribution >= 0.6 is 0 Å². The normalized spacial score (nSPS) is 9.27. The molecule has 2 nitrogen and oxygen atoms in total. The number of hydrogen-bond donors (Lipinski definition) is 0. The zero-order valence-electron chi connectivity index (χ0n) is 9.64. The number of nitrogens with zero attached hydrogens (tertiary/aromatic N) is 2. The lowest BCUT2D eigenvalue weighted by Gasteiger charge is -2.13. The molecule has 0 spiro atoms. The highest BCUT2D eigenvalue weighted by molar-refractivity contribution is 6.23. The lowest BCUT2D eigenvalue weighted by molar-refractivity contribution is 1.18. The molecule has 0 amide bonds. The first-order chi connectivity index (χ1) is 7.20. The van der Waals surface area contributed by atoms with Gasteiger partial charge in [-0.3, -0.25) is 4.98 Å². The van der Waals surface area contributed by atoms with Gasteiger partial charge in [0, 0.05) is 31.3 Å². The van der Waals surface area contributed by atoms with Crippen LogP contribution in [-0.4, -0.2) is 19.9 Å². The van der Waals surface area contributed by atoms with Crippen molar-refractivity contribution in [2.45, 2.75) is 13.8 Å². The van der Waals surface area contributed by atoms with Crippen molar-refractivity contribution < 1.29 is 0 Å². The van der Waals surface area contributed by atoms with Crippen molar-refractivity contribution in [2.24, 2.45) is 0 Å². The maximum atomic E-state index is 5.40. The van der Waals surface area contributed by atoms with Crippen molar-refractivity contribution in [3.05, 3.63) is 48.9 Å². The first-order valence-corrected chi connectivity index (χ1v) is 4.95. The number of aromatic nitrogens is 1. The number of pyridine rings is 1. The summed E-state index contributed by atoms with van der Waals surface area (Å²) in [5.41, 5.74) is 1.61. The fourth-order valence-corrected chi connectivity index (χ4v) is 0.873. The fraction of sp³-hybridized carbons (Fsp3) is 0.250. The van der Waals surface area contributed by atoms with Gasteiger partial charge in [-0.25, -0.2) is 0 Å². The second-order valence-electron chi connectivity index (χ2n) is 2.71. The van der Waals surface area contributed by atoms with Crippen LogP contribution in [0.2, 0.25) is 0 Å². The van der Waals surface area contributed by atoms with Crippen LogP contribution in [0, 0.1) is 0 Å². The molecule has 0 fully saturated rings. The van der Waals surface area contributed by atoms with E-state index in [4.69, 9.17) is 7.85 Å². The molecule has 1 heterocycles. The molecule has 0 aliphatic rings. The molecule has 0 N–H and O–H groups in total. The van der Waals surface area contributed by atoms with E-state index in [2.05, 4.69) is 11.6 Å². The van der Waals surface area contributed by atoms with Gasteiger partial charge in [0.2, 0.25) is 0 Å². The van der Waals surface area contributed by atoms with Crippen LogP contribution in [-0.2, 0) is 0 Å². The molecule has 1 aromatic heterocycles. The Labute approximate surface area is 93.7 Å². The van der Waals surface area contributed by atoms with E-state index in [1.807, 2.05) is 44.1 Å². The summed E-state index contributed by atoms with van der Waals surface area (Å²) in [6, 6.07) is 3.84. The van der Waals surface area contributed by atoms with Gasteiger partial charge in [-0.05, 0) is 12.1 Å². The van der Waals surface area contributed by atoms with Crippen LogP contribution in [0.3, 0.4) is 0 Å². The molecular weight excluding hydrogens is 183 g/mol. The third-order valence-corrected chi connectivity index (χ3v) is 1.58. The average molecular weight is 200 g/mol. The van der Waals surface area contributed by atoms with Crippen molar-refractivity contribution >= 4 is 13.5 Å². The van der Waals surface area contributed by atoms with Gasteiger partial charge in [0.1, 0.15) is 7.85 Å². The van der Waals surface area contributed by atoms with E-state index in [-0.39, 0.29) is 0 Å². The van der Waals surface area contributed by atoms with E-state index in [1.54, 1.807) is 18.5 Å². The summed E-state index contributed by atoms with van der Waals surface area (Å²) in [5, 5.41) is 0. The molecule has 0 bridgehead atoms. The Bertz CT molecular complexity index is 307. The van der Waals surface area contributed by atoms with Gasteiger partial charge < -0.3 is 4.90 Å². The molecule has 1 aromatic rings. The van der Waals surface area contributed by atoms with Gasteiger partial charge in [0.25, 0.3) is 0 Å². The van der Waals surface area contributed by atoms with E-state index in [1.165, 1.54) is 0 Å². The van der Waals surface area contributed by atoms with Crippen LogP contribution in [0.1, 0.15) is 13.8 Å². The molecule has 15 heavy (non-hydrogen) atoms. The van der Waals surface area contributed by atoms with Crippen molar-refractivity contribution in [1.82, 2.24) is 4.98 Å². The minimum absolute atomic E-state index is 0.543. The van der Waals surface area contributed by atoms with E-state index in [0.29, 0.717) is 5.47 Å². The lowest BCUT2D eigenvalue weighted by Crippen LogP contribution is -2.07. The van der Waals surface area contributed by atoms with Gasteiger partial charge in [0.15, 0.2) is 0 Å². The van der Waals surface area contributed by atoms with E-state index in [0.717, 1.165) is 5.69 Å². The van der Waals surface area contributed by atoms with Crippen molar-refractivity contribution in [3.8, 4) is 0 Å². The molecule has 0 saturated heterocycles. The number of anilines is 1. The average Bonchev–Trinajstić information content (AvgIpc) is 2.30. The highest BCUT2D eigenvalue weighted by Crippen LogP contribution is 2.09. The summed E-state index contributed by atoms with van der Waals surface area (Å²) >= 11 is 0. The van der Waals surface area contributed by atoms with Crippen LogP contribution in [0.25, 0.3) is 0 Å². The topological polar surface area (TPSA) is 16.1 Å². The van der Waals surface area contributed by atoms with Gasteiger partial charge in [-0.15, -0.1) is 12.1 Å². The molecule has 0 aliphatic carbocycles. The fourth-order valence-electron chi connectivity index (χ4n) is 0.873. The zero-order valence-corrected chi connectivity index (χ0v) is 9.64. The van der Waals surface area contributed by atoms with Gasteiger partial charge in [0.05, 0.1) is 0 Å². The Morgan fingerprint density at radius 1 is 1.40 bits per heavy atom. The molecular formula is C12H17BN2. The lowest BCUT2D eigenvalue weighted by atomic mass is 9.98. The minimum Gasteiger partial charge on any atom is -0.351 e. The van der Waals surface area contributed by atoms with Gasteiger partial charge in [-0.1, -0.05) is 19.9 Å². The van der Waals surface area contributed by atoms with Crippen LogP contribution in [0.5, 0.6) is 0 Å². The molecule has 0 atom stereocenters. The zero-order chi connectivity index (χ0) is 11.7. The maximum Gasteiger partial charge on any atom is 0.113 e. The highest BCUT2D eigenvalue weighted by Gasteiger charge is 1.93. The predicted octanol–water partition coefficient (Wildman–Crippen LogP) is 2.74. The molecule has 3 heteroatoms. The Morgan fingerprint density at radius 2 is 1.93 bits per heavy atom. The largest absolute Gasteiger partial charge is 0.351 e. The first-order valence-electron chi connectivity index (χ1n) is 4.95.